The lowest BCUT2D eigenvalue weighted by Gasteiger charge is -2.28. The van der Waals surface area contributed by atoms with E-state index in [1.807, 2.05) is 54.6 Å². The molecule has 1 unspecified atom stereocenters. The Morgan fingerprint density at radius 2 is 1.87 bits per heavy atom. The fourth-order valence-electron chi connectivity index (χ4n) is 3.36. The third-order valence-electron chi connectivity index (χ3n) is 5.11. The molecule has 2 aliphatic rings. The van der Waals surface area contributed by atoms with Gasteiger partial charge in [-0.3, -0.25) is 9.59 Å². The molecule has 8 heteroatoms. The molecule has 2 heterocycles. The fraction of sp³-hybridized carbons (Fsp3) is 0.318. The predicted octanol–water partition coefficient (Wildman–Crippen LogP) is 2.80. The summed E-state index contributed by atoms with van der Waals surface area (Å²) in [6, 6.07) is 17.3. The van der Waals surface area contributed by atoms with Gasteiger partial charge in [-0.1, -0.05) is 30.0 Å². The molecular weight excluding hydrogens is 400 g/mol. The molecule has 2 fully saturated rings. The average Bonchev–Trinajstić information content (AvgIpc) is 3.13. The van der Waals surface area contributed by atoms with E-state index in [1.165, 1.54) is 11.8 Å². The highest BCUT2D eigenvalue weighted by Crippen LogP contribution is 2.27. The predicted molar refractivity (Wildman–Crippen MR) is 121 cm³/mol. The second kappa shape index (κ2) is 9.32. The van der Waals surface area contributed by atoms with Gasteiger partial charge in [0, 0.05) is 37.9 Å². The number of carbonyl (C=O) groups is 2. The molecule has 0 aliphatic carbocycles. The summed E-state index contributed by atoms with van der Waals surface area (Å²) in [5, 5.41) is 2.84. The summed E-state index contributed by atoms with van der Waals surface area (Å²) in [6.45, 7) is 3.25. The lowest BCUT2D eigenvalue weighted by atomic mass is 10.2. The highest BCUT2D eigenvalue weighted by molar-refractivity contribution is 8.15. The van der Waals surface area contributed by atoms with E-state index in [4.69, 9.17) is 4.74 Å². The van der Waals surface area contributed by atoms with Crippen LogP contribution in [-0.4, -0.2) is 55.6 Å². The quantitative estimate of drug-likeness (QED) is 0.799. The summed E-state index contributed by atoms with van der Waals surface area (Å²) in [6.07, 6.45) is 0.122. The zero-order valence-corrected chi connectivity index (χ0v) is 17.6. The van der Waals surface area contributed by atoms with Crippen molar-refractivity contribution in [3.63, 3.8) is 0 Å². The van der Waals surface area contributed by atoms with Gasteiger partial charge in [0.05, 0.1) is 18.9 Å². The molecule has 2 aromatic carbocycles. The molecule has 0 radical (unpaired) electrons. The van der Waals surface area contributed by atoms with Crippen molar-refractivity contribution in [2.24, 2.45) is 4.99 Å². The second-order valence-corrected chi connectivity index (χ2v) is 8.31. The third-order valence-corrected chi connectivity index (χ3v) is 6.19. The van der Waals surface area contributed by atoms with Crippen molar-refractivity contribution in [2.75, 3.05) is 43.2 Å². The fourth-order valence-corrected chi connectivity index (χ4v) is 4.34. The molecule has 2 aromatic rings. The minimum absolute atomic E-state index is 0.107. The van der Waals surface area contributed by atoms with Gasteiger partial charge < -0.3 is 19.9 Å². The number of para-hydroxylation sites is 1. The van der Waals surface area contributed by atoms with Crippen molar-refractivity contribution in [3.8, 4) is 0 Å². The number of nitrogens with zero attached hydrogens (tertiary/aromatic N) is 3. The first-order valence-corrected chi connectivity index (χ1v) is 10.8. The zero-order valence-electron chi connectivity index (χ0n) is 16.8. The normalized spacial score (nSPS) is 20.3. The van der Waals surface area contributed by atoms with Crippen molar-refractivity contribution < 1.29 is 14.3 Å². The molecule has 1 atom stereocenters. The summed E-state index contributed by atoms with van der Waals surface area (Å²) in [4.78, 5) is 33.3. The van der Waals surface area contributed by atoms with E-state index in [2.05, 4.69) is 15.2 Å². The Morgan fingerprint density at radius 1 is 1.17 bits per heavy atom. The van der Waals surface area contributed by atoms with Crippen LogP contribution >= 0.6 is 11.8 Å². The molecule has 4 rings (SSSR count). The number of rotatable bonds is 5. The minimum atomic E-state index is -0.477. The van der Waals surface area contributed by atoms with Gasteiger partial charge in [0.25, 0.3) is 0 Å². The topological polar surface area (TPSA) is 74.2 Å². The van der Waals surface area contributed by atoms with Crippen molar-refractivity contribution in [3.05, 3.63) is 54.6 Å². The van der Waals surface area contributed by atoms with Crippen LogP contribution in [0.4, 0.5) is 17.1 Å². The van der Waals surface area contributed by atoms with E-state index in [-0.39, 0.29) is 18.2 Å². The van der Waals surface area contributed by atoms with Crippen LogP contribution < -0.4 is 15.1 Å². The second-order valence-electron chi connectivity index (χ2n) is 7.12. The monoisotopic (exact) mass is 424 g/mol. The lowest BCUT2D eigenvalue weighted by molar-refractivity contribution is -0.123. The number of amidine groups is 1. The largest absolute Gasteiger partial charge is 0.378 e. The molecule has 2 aliphatic heterocycles. The van der Waals surface area contributed by atoms with Crippen LogP contribution in [-0.2, 0) is 14.3 Å². The van der Waals surface area contributed by atoms with Crippen LogP contribution in [0.25, 0.3) is 0 Å². The summed E-state index contributed by atoms with van der Waals surface area (Å²) in [5.41, 5.74) is 2.71. The Balaban J connectivity index is 1.37. The van der Waals surface area contributed by atoms with Gasteiger partial charge in [-0.05, 0) is 36.4 Å². The van der Waals surface area contributed by atoms with Crippen LogP contribution in [0.2, 0.25) is 0 Å². The first kappa shape index (κ1) is 20.4. The van der Waals surface area contributed by atoms with Gasteiger partial charge in [-0.2, -0.15) is 0 Å². The molecule has 0 aromatic heterocycles. The summed E-state index contributed by atoms with van der Waals surface area (Å²) < 4.78 is 5.39. The summed E-state index contributed by atoms with van der Waals surface area (Å²) in [5.74, 6) is -0.288. The standard InChI is InChI=1S/C22H24N4O3S/c1-25(17-5-3-2-4-6-17)20(27)15-19-21(28)24-22(30-19)23-16-7-9-18(10-8-16)26-11-13-29-14-12-26/h2-10,19H,11-15H2,1H3,(H,23,24,28). The van der Waals surface area contributed by atoms with E-state index in [0.717, 1.165) is 43.4 Å². The molecule has 7 nitrogen and oxygen atoms in total. The zero-order chi connectivity index (χ0) is 20.9. The minimum Gasteiger partial charge on any atom is -0.378 e. The number of anilines is 2. The highest BCUT2D eigenvalue weighted by atomic mass is 32.2. The molecule has 0 bridgehead atoms. The van der Waals surface area contributed by atoms with Crippen LogP contribution in [0, 0.1) is 0 Å². The molecule has 2 amide bonds. The van der Waals surface area contributed by atoms with Crippen molar-refractivity contribution >= 4 is 45.8 Å². The van der Waals surface area contributed by atoms with Gasteiger partial charge in [0.2, 0.25) is 11.8 Å². The van der Waals surface area contributed by atoms with E-state index >= 15 is 0 Å². The van der Waals surface area contributed by atoms with Crippen molar-refractivity contribution in [2.45, 2.75) is 11.7 Å². The Kier molecular flexibility index (Phi) is 6.35. The first-order chi connectivity index (χ1) is 14.6. The van der Waals surface area contributed by atoms with Gasteiger partial charge in [0.15, 0.2) is 5.17 Å². The number of thioether (sulfide) groups is 1. The van der Waals surface area contributed by atoms with Crippen LogP contribution in [0.5, 0.6) is 0 Å². The number of amides is 2. The lowest BCUT2D eigenvalue weighted by Crippen LogP contribution is -2.36. The molecule has 1 N–H and O–H groups in total. The number of nitrogens with one attached hydrogen (secondary N) is 1. The summed E-state index contributed by atoms with van der Waals surface area (Å²) in [7, 11) is 1.72. The van der Waals surface area contributed by atoms with E-state index in [0.29, 0.717) is 5.17 Å². The number of benzene rings is 2. The van der Waals surface area contributed by atoms with Gasteiger partial charge in [-0.15, -0.1) is 0 Å². The van der Waals surface area contributed by atoms with Crippen molar-refractivity contribution in [1.82, 2.24) is 5.32 Å². The number of morpholine rings is 1. The Bertz CT molecular complexity index is 927. The summed E-state index contributed by atoms with van der Waals surface area (Å²) >= 11 is 1.30. The number of aliphatic imine (C=N–C) groups is 1. The molecule has 2 saturated heterocycles. The maximum absolute atomic E-state index is 12.6. The van der Waals surface area contributed by atoms with Crippen LogP contribution in [0.15, 0.2) is 59.6 Å². The molecular formula is C22H24N4O3S. The molecule has 156 valence electrons. The Hall–Kier alpha value is -2.84. The SMILES string of the molecule is CN(C(=O)CC1SC(=Nc2ccc(N3CCOCC3)cc2)NC1=O)c1ccccc1. The number of ether oxygens (including phenoxy) is 1. The number of hydrogen-bond donors (Lipinski definition) is 1. The smallest absolute Gasteiger partial charge is 0.240 e. The maximum Gasteiger partial charge on any atom is 0.240 e. The Labute approximate surface area is 180 Å². The van der Waals surface area contributed by atoms with E-state index in [1.54, 1.807) is 11.9 Å². The van der Waals surface area contributed by atoms with Gasteiger partial charge >= 0.3 is 0 Å². The molecule has 0 spiro atoms. The Morgan fingerprint density at radius 3 is 2.57 bits per heavy atom. The number of carbonyl (C=O) groups excluding carboxylic acids is 2. The van der Waals surface area contributed by atoms with E-state index in [9.17, 15) is 9.59 Å². The number of hydrogen-bond acceptors (Lipinski definition) is 6. The van der Waals surface area contributed by atoms with Crippen molar-refractivity contribution in [1.29, 1.82) is 0 Å². The molecule has 0 saturated carbocycles. The van der Waals surface area contributed by atoms with Crippen LogP contribution in [0.3, 0.4) is 0 Å². The highest BCUT2D eigenvalue weighted by Gasteiger charge is 2.33. The maximum atomic E-state index is 12.6. The van der Waals surface area contributed by atoms with Crippen LogP contribution in [0.1, 0.15) is 6.42 Å². The van der Waals surface area contributed by atoms with E-state index < -0.39 is 5.25 Å². The first-order valence-electron chi connectivity index (χ1n) is 9.91. The average molecular weight is 425 g/mol. The van der Waals surface area contributed by atoms with Gasteiger partial charge in [-0.25, -0.2) is 4.99 Å². The molecule has 30 heavy (non-hydrogen) atoms. The van der Waals surface area contributed by atoms with Gasteiger partial charge in [0.1, 0.15) is 5.25 Å². The third kappa shape index (κ3) is 4.83.